The fourth-order valence-corrected chi connectivity index (χ4v) is 2.38. The van der Waals surface area contributed by atoms with E-state index >= 15 is 0 Å². The van der Waals surface area contributed by atoms with Gasteiger partial charge in [0.2, 0.25) is 5.91 Å². The van der Waals surface area contributed by atoms with Gasteiger partial charge in [0.1, 0.15) is 23.3 Å². The molecule has 2 rings (SSSR count). The van der Waals surface area contributed by atoms with E-state index in [1.54, 1.807) is 18.0 Å². The highest BCUT2D eigenvalue weighted by atomic mass is 19.1. The molecule has 1 amide bonds. The van der Waals surface area contributed by atoms with Crippen LogP contribution in [0.1, 0.15) is 25.8 Å². The van der Waals surface area contributed by atoms with Gasteiger partial charge in [0, 0.05) is 12.6 Å². The van der Waals surface area contributed by atoms with Crippen molar-refractivity contribution in [2.75, 3.05) is 18.9 Å². The molecule has 7 heteroatoms. The van der Waals surface area contributed by atoms with Gasteiger partial charge < -0.3 is 10.4 Å². The van der Waals surface area contributed by atoms with E-state index in [2.05, 4.69) is 11.4 Å². The van der Waals surface area contributed by atoms with Crippen LogP contribution < -0.4 is 5.32 Å². The number of phenolic OH excluding ortho intramolecular Hbond substituents is 1. The summed E-state index contributed by atoms with van der Waals surface area (Å²) >= 11 is 0. The topological polar surface area (TPSA) is 100 Å². The Labute approximate surface area is 134 Å². The van der Waals surface area contributed by atoms with Crippen LogP contribution in [0.4, 0.5) is 10.1 Å². The molecule has 23 heavy (non-hydrogen) atoms. The molecule has 1 saturated heterocycles. The van der Waals surface area contributed by atoms with E-state index in [0.717, 1.165) is 12.1 Å². The summed E-state index contributed by atoms with van der Waals surface area (Å²) in [4.78, 5) is 13.9. The lowest BCUT2D eigenvalue weighted by Crippen LogP contribution is -2.26. The molecule has 1 heterocycles. The van der Waals surface area contributed by atoms with E-state index in [1.165, 1.54) is 0 Å². The number of rotatable bonds is 2. The van der Waals surface area contributed by atoms with Gasteiger partial charge in [-0.3, -0.25) is 9.69 Å². The average Bonchev–Trinajstić information content (AvgIpc) is 2.92. The Balaban J connectivity index is 0.00000127. The zero-order chi connectivity index (χ0) is 17.6. The Morgan fingerprint density at radius 1 is 1.43 bits per heavy atom. The summed E-state index contributed by atoms with van der Waals surface area (Å²) in [5, 5.41) is 30.0. The van der Waals surface area contributed by atoms with Crippen molar-refractivity contribution in [2.24, 2.45) is 5.92 Å². The number of likely N-dealkylation sites (tertiary alicyclic amines) is 1. The van der Waals surface area contributed by atoms with Crippen molar-refractivity contribution >= 4 is 11.6 Å². The van der Waals surface area contributed by atoms with Crippen LogP contribution in [0.5, 0.6) is 5.75 Å². The van der Waals surface area contributed by atoms with Gasteiger partial charge in [-0.2, -0.15) is 10.5 Å². The highest BCUT2D eigenvalue weighted by molar-refractivity contribution is 5.95. The highest BCUT2D eigenvalue weighted by Gasteiger charge is 2.34. The first-order valence-corrected chi connectivity index (χ1v) is 7.29. The molecule has 122 valence electrons. The second-order valence-electron chi connectivity index (χ2n) is 4.97. The van der Waals surface area contributed by atoms with Crippen molar-refractivity contribution in [1.29, 1.82) is 10.5 Å². The standard InChI is InChI=1S/C14H13FN4O2.C2H6/c1-19-7-9(3-11(19)6-17)14(21)18-13-8(5-16)2-10(15)4-12(13)20;1-2/h2,4,9,11,20H,3,7H2,1H3,(H,18,21);1-2H3. The Morgan fingerprint density at radius 2 is 2.09 bits per heavy atom. The van der Waals surface area contributed by atoms with E-state index in [0.29, 0.717) is 13.0 Å². The molecule has 0 radical (unpaired) electrons. The van der Waals surface area contributed by atoms with Crippen molar-refractivity contribution in [3.63, 3.8) is 0 Å². The molecule has 0 aliphatic carbocycles. The van der Waals surface area contributed by atoms with E-state index in [-0.39, 0.29) is 17.3 Å². The molecule has 1 aliphatic heterocycles. The zero-order valence-electron chi connectivity index (χ0n) is 13.3. The van der Waals surface area contributed by atoms with Gasteiger partial charge in [-0.15, -0.1) is 0 Å². The van der Waals surface area contributed by atoms with Gasteiger partial charge in [-0.25, -0.2) is 4.39 Å². The van der Waals surface area contributed by atoms with E-state index in [4.69, 9.17) is 10.5 Å². The minimum atomic E-state index is -0.757. The molecule has 0 aromatic heterocycles. The Hall–Kier alpha value is -2.64. The first-order valence-electron chi connectivity index (χ1n) is 7.29. The van der Waals surface area contributed by atoms with Gasteiger partial charge in [0.05, 0.1) is 23.6 Å². The van der Waals surface area contributed by atoms with Crippen LogP contribution in [0.2, 0.25) is 0 Å². The second kappa shape index (κ2) is 8.11. The summed E-state index contributed by atoms with van der Waals surface area (Å²) < 4.78 is 13.1. The highest BCUT2D eigenvalue weighted by Crippen LogP contribution is 2.30. The number of nitrogens with one attached hydrogen (secondary N) is 1. The predicted octanol–water partition coefficient (Wildman–Crippen LogP) is 2.21. The fourth-order valence-electron chi connectivity index (χ4n) is 2.38. The third kappa shape index (κ3) is 4.18. The van der Waals surface area contributed by atoms with Crippen LogP contribution in [0.25, 0.3) is 0 Å². The maximum Gasteiger partial charge on any atom is 0.229 e. The zero-order valence-corrected chi connectivity index (χ0v) is 13.3. The molecule has 1 aromatic rings. The van der Waals surface area contributed by atoms with Crippen molar-refractivity contribution in [2.45, 2.75) is 26.3 Å². The Bertz CT molecular complexity index is 663. The summed E-state index contributed by atoms with van der Waals surface area (Å²) in [7, 11) is 1.75. The number of nitrogens with zero attached hydrogens (tertiary/aromatic N) is 3. The van der Waals surface area contributed by atoms with Gasteiger partial charge >= 0.3 is 0 Å². The third-order valence-electron chi connectivity index (χ3n) is 3.52. The van der Waals surface area contributed by atoms with Crippen LogP contribution in [-0.2, 0) is 4.79 Å². The van der Waals surface area contributed by atoms with Crippen molar-refractivity contribution in [3.8, 4) is 17.9 Å². The normalized spacial score (nSPS) is 19.9. The summed E-state index contributed by atoms with van der Waals surface area (Å²) in [6, 6.07) is 5.25. The summed E-state index contributed by atoms with van der Waals surface area (Å²) in [5.41, 5.74) is -0.254. The summed E-state index contributed by atoms with van der Waals surface area (Å²) in [5.74, 6) is -2.08. The Morgan fingerprint density at radius 3 is 2.61 bits per heavy atom. The number of hydrogen-bond acceptors (Lipinski definition) is 5. The molecule has 0 saturated carbocycles. The molecule has 2 unspecified atom stereocenters. The Kier molecular flexibility index (Phi) is 6.49. The number of carbonyl (C=O) groups is 1. The van der Waals surface area contributed by atoms with E-state index in [9.17, 15) is 14.3 Å². The number of carbonyl (C=O) groups excluding carboxylic acids is 1. The molecule has 1 aliphatic rings. The molecule has 1 fully saturated rings. The van der Waals surface area contributed by atoms with E-state index < -0.39 is 23.4 Å². The maximum absolute atomic E-state index is 13.1. The lowest BCUT2D eigenvalue weighted by Gasteiger charge is -2.13. The molecule has 0 spiro atoms. The molecular formula is C16H19FN4O2. The number of nitriles is 2. The molecule has 2 N–H and O–H groups in total. The minimum Gasteiger partial charge on any atom is -0.506 e. The predicted molar refractivity (Wildman–Crippen MR) is 82.9 cm³/mol. The maximum atomic E-state index is 13.1. The number of aromatic hydroxyl groups is 1. The smallest absolute Gasteiger partial charge is 0.229 e. The molecular weight excluding hydrogens is 299 g/mol. The molecule has 6 nitrogen and oxygen atoms in total. The number of halogens is 1. The summed E-state index contributed by atoms with van der Waals surface area (Å²) in [6.07, 6.45) is 0.378. The minimum absolute atomic E-state index is 0.105. The monoisotopic (exact) mass is 318 g/mol. The average molecular weight is 318 g/mol. The quantitative estimate of drug-likeness (QED) is 0.814. The lowest BCUT2D eigenvalue weighted by atomic mass is 10.0. The van der Waals surface area contributed by atoms with E-state index in [1.807, 2.05) is 13.8 Å². The van der Waals surface area contributed by atoms with Gasteiger partial charge in [-0.1, -0.05) is 13.8 Å². The van der Waals surface area contributed by atoms with Crippen LogP contribution in [0.3, 0.4) is 0 Å². The lowest BCUT2D eigenvalue weighted by molar-refractivity contribution is -0.119. The number of amides is 1. The van der Waals surface area contributed by atoms with Gasteiger partial charge in [0.25, 0.3) is 0 Å². The first-order chi connectivity index (χ1) is 11.0. The number of anilines is 1. The number of hydrogen-bond donors (Lipinski definition) is 2. The van der Waals surface area contributed by atoms with Crippen LogP contribution in [-0.4, -0.2) is 35.5 Å². The summed E-state index contributed by atoms with van der Waals surface area (Å²) in [6.45, 7) is 4.41. The van der Waals surface area contributed by atoms with Gasteiger partial charge in [0.15, 0.2) is 0 Å². The third-order valence-corrected chi connectivity index (χ3v) is 3.52. The molecule has 0 bridgehead atoms. The number of phenols is 1. The van der Waals surface area contributed by atoms with Crippen molar-refractivity contribution < 1.29 is 14.3 Å². The second-order valence-corrected chi connectivity index (χ2v) is 4.97. The van der Waals surface area contributed by atoms with Crippen LogP contribution in [0, 0.1) is 34.4 Å². The fraction of sp³-hybridized carbons (Fsp3) is 0.438. The van der Waals surface area contributed by atoms with Gasteiger partial charge in [-0.05, 0) is 19.5 Å². The van der Waals surface area contributed by atoms with Crippen molar-refractivity contribution in [1.82, 2.24) is 4.90 Å². The van der Waals surface area contributed by atoms with Crippen LogP contribution in [0.15, 0.2) is 12.1 Å². The SMILES string of the molecule is CC.CN1CC(C(=O)Nc2c(O)cc(F)cc2C#N)CC1C#N. The molecule has 2 atom stereocenters. The number of benzene rings is 1. The molecule has 1 aromatic carbocycles. The first kappa shape index (κ1) is 18.4. The van der Waals surface area contributed by atoms with Crippen molar-refractivity contribution in [3.05, 3.63) is 23.5 Å². The van der Waals surface area contributed by atoms with Crippen LogP contribution >= 0.6 is 0 Å². The largest absolute Gasteiger partial charge is 0.506 e.